The number of nitriles is 1. The quantitative estimate of drug-likeness (QED) is 0.737. The van der Waals surface area contributed by atoms with Gasteiger partial charge in [0.2, 0.25) is 0 Å². The number of ether oxygens (including phenoxy) is 2. The molecule has 0 amide bonds. The number of benzene rings is 2. The third-order valence-corrected chi connectivity index (χ3v) is 3.59. The van der Waals surface area contributed by atoms with E-state index in [9.17, 15) is 8.78 Å². The molecule has 0 N–H and O–H groups in total. The maximum Gasteiger partial charge on any atom is 0.176 e. The lowest BCUT2D eigenvalue weighted by molar-refractivity contribution is 0.360. The smallest absolute Gasteiger partial charge is 0.176 e. The molecule has 0 fully saturated rings. The molecule has 1 aromatic heterocycles. The summed E-state index contributed by atoms with van der Waals surface area (Å²) in [4.78, 5) is 8.22. The molecule has 1 heterocycles. The minimum atomic E-state index is -0.882. The van der Waals surface area contributed by atoms with Crippen LogP contribution in [-0.2, 0) is 0 Å². The van der Waals surface area contributed by atoms with E-state index in [1.807, 2.05) is 6.07 Å². The van der Waals surface area contributed by atoms with Crippen LogP contribution in [0.15, 0.2) is 30.6 Å². The normalized spacial score (nSPS) is 10.5. The molecule has 0 aliphatic heterocycles. The van der Waals surface area contributed by atoms with Crippen molar-refractivity contribution in [1.29, 1.82) is 5.26 Å². The van der Waals surface area contributed by atoms with Gasteiger partial charge in [0, 0.05) is 24.0 Å². The summed E-state index contributed by atoms with van der Waals surface area (Å²) in [5.41, 5.74) is 0.547. The largest absolute Gasteiger partial charge is 0.494 e. The predicted molar refractivity (Wildman–Crippen MR) is 82.7 cm³/mol. The zero-order chi connectivity index (χ0) is 17.3. The highest BCUT2D eigenvalue weighted by molar-refractivity contribution is 5.95. The Bertz CT molecular complexity index is 955. The molecule has 0 aliphatic carbocycles. The first kappa shape index (κ1) is 15.6. The van der Waals surface area contributed by atoms with Crippen molar-refractivity contribution in [1.82, 2.24) is 9.97 Å². The summed E-state index contributed by atoms with van der Waals surface area (Å²) in [6.45, 7) is 0. The van der Waals surface area contributed by atoms with E-state index < -0.39 is 11.6 Å². The van der Waals surface area contributed by atoms with E-state index in [1.165, 1.54) is 38.7 Å². The van der Waals surface area contributed by atoms with Gasteiger partial charge in [0.25, 0.3) is 0 Å². The molecule has 5 nitrogen and oxygen atoms in total. The molecular weight excluding hydrogens is 316 g/mol. The van der Waals surface area contributed by atoms with Gasteiger partial charge in [-0.2, -0.15) is 5.26 Å². The number of hydrogen-bond donors (Lipinski definition) is 0. The van der Waals surface area contributed by atoms with E-state index >= 15 is 0 Å². The van der Waals surface area contributed by atoms with Gasteiger partial charge in [0.1, 0.15) is 11.6 Å². The Morgan fingerprint density at radius 2 is 1.54 bits per heavy atom. The molecule has 0 unspecified atom stereocenters. The third-order valence-electron chi connectivity index (χ3n) is 3.59. The molecule has 0 spiro atoms. The maximum absolute atomic E-state index is 14.7. The number of hydrogen-bond acceptors (Lipinski definition) is 5. The van der Waals surface area contributed by atoms with E-state index in [0.29, 0.717) is 0 Å². The van der Waals surface area contributed by atoms with Crippen LogP contribution in [0.2, 0.25) is 0 Å². The molecule has 0 bridgehead atoms. The minimum Gasteiger partial charge on any atom is -0.494 e. The van der Waals surface area contributed by atoms with Crippen molar-refractivity contribution in [2.75, 3.05) is 14.2 Å². The lowest BCUT2D eigenvalue weighted by atomic mass is 9.99. The SMILES string of the molecule is COc1cc(OC)c(F)c(-c2ccc(C#N)c3nccnc23)c1F. The summed E-state index contributed by atoms with van der Waals surface area (Å²) in [5, 5.41) is 9.16. The van der Waals surface area contributed by atoms with Crippen LogP contribution in [0.3, 0.4) is 0 Å². The van der Waals surface area contributed by atoms with Crippen molar-refractivity contribution in [2.45, 2.75) is 0 Å². The summed E-state index contributed by atoms with van der Waals surface area (Å²) in [7, 11) is 2.55. The van der Waals surface area contributed by atoms with Crippen LogP contribution >= 0.6 is 0 Å². The fourth-order valence-corrected chi connectivity index (χ4v) is 2.47. The zero-order valence-electron chi connectivity index (χ0n) is 12.8. The average molecular weight is 327 g/mol. The first-order valence-corrected chi connectivity index (χ1v) is 6.86. The molecule has 0 saturated carbocycles. The summed E-state index contributed by atoms with van der Waals surface area (Å²) in [6, 6.07) is 5.98. The molecule has 2 aromatic carbocycles. The molecule has 0 saturated heterocycles. The molecule has 120 valence electrons. The Morgan fingerprint density at radius 3 is 2.08 bits per heavy atom. The van der Waals surface area contributed by atoms with Crippen molar-refractivity contribution >= 4 is 11.0 Å². The van der Waals surface area contributed by atoms with Crippen LogP contribution < -0.4 is 9.47 Å². The van der Waals surface area contributed by atoms with Gasteiger partial charge in [0.15, 0.2) is 23.1 Å². The second kappa shape index (κ2) is 6.08. The van der Waals surface area contributed by atoms with Gasteiger partial charge in [-0.3, -0.25) is 9.97 Å². The molecule has 0 atom stereocenters. The van der Waals surface area contributed by atoms with Crippen molar-refractivity contribution in [3.8, 4) is 28.7 Å². The standard InChI is InChI=1S/C17H11F2N3O2/c1-23-11-7-12(24-2)15(19)13(14(11)18)10-4-3-9(8-20)16-17(10)22-6-5-21-16/h3-7H,1-2H3. The van der Waals surface area contributed by atoms with Crippen molar-refractivity contribution in [3.05, 3.63) is 47.8 Å². The van der Waals surface area contributed by atoms with Crippen LogP contribution in [0, 0.1) is 23.0 Å². The van der Waals surface area contributed by atoms with E-state index in [0.717, 1.165) is 6.07 Å². The molecule has 7 heteroatoms. The van der Waals surface area contributed by atoms with Gasteiger partial charge in [-0.05, 0) is 6.07 Å². The molecular formula is C17H11F2N3O2. The van der Waals surface area contributed by atoms with E-state index in [2.05, 4.69) is 9.97 Å². The van der Waals surface area contributed by atoms with Gasteiger partial charge in [0.05, 0.1) is 30.9 Å². The lowest BCUT2D eigenvalue weighted by Gasteiger charge is -2.14. The Labute approximate surface area is 136 Å². The fraction of sp³-hybridized carbons (Fsp3) is 0.118. The molecule has 0 aliphatic rings. The molecule has 3 rings (SSSR count). The molecule has 0 radical (unpaired) electrons. The minimum absolute atomic E-state index is 0.157. The Morgan fingerprint density at radius 1 is 0.958 bits per heavy atom. The number of halogens is 2. The van der Waals surface area contributed by atoms with Crippen molar-refractivity contribution in [2.24, 2.45) is 0 Å². The van der Waals surface area contributed by atoms with Crippen LogP contribution in [0.5, 0.6) is 11.5 Å². The summed E-state index contributed by atoms with van der Waals surface area (Å²) in [5.74, 6) is -2.09. The number of aromatic nitrogens is 2. The second-order valence-electron chi connectivity index (χ2n) is 4.81. The Balaban J connectivity index is 2.43. The summed E-state index contributed by atoms with van der Waals surface area (Å²) in [6.07, 6.45) is 2.80. The summed E-state index contributed by atoms with van der Waals surface area (Å²) < 4.78 is 39.3. The number of rotatable bonds is 3. The Kier molecular flexibility index (Phi) is 3.96. The van der Waals surface area contributed by atoms with Crippen LogP contribution in [-0.4, -0.2) is 24.2 Å². The van der Waals surface area contributed by atoms with E-state index in [-0.39, 0.29) is 39.2 Å². The number of nitrogens with zero attached hydrogens (tertiary/aromatic N) is 3. The third kappa shape index (κ3) is 2.29. The first-order valence-electron chi connectivity index (χ1n) is 6.86. The molecule has 3 aromatic rings. The van der Waals surface area contributed by atoms with Gasteiger partial charge < -0.3 is 9.47 Å². The zero-order valence-corrected chi connectivity index (χ0v) is 12.8. The van der Waals surface area contributed by atoms with Crippen LogP contribution in [0.25, 0.3) is 22.2 Å². The average Bonchev–Trinajstić information content (AvgIpc) is 2.62. The van der Waals surface area contributed by atoms with Crippen LogP contribution in [0.1, 0.15) is 5.56 Å². The Hall–Kier alpha value is -3.27. The van der Waals surface area contributed by atoms with Gasteiger partial charge in [-0.25, -0.2) is 8.78 Å². The number of fused-ring (bicyclic) bond motifs is 1. The van der Waals surface area contributed by atoms with Gasteiger partial charge >= 0.3 is 0 Å². The van der Waals surface area contributed by atoms with Crippen LogP contribution in [0.4, 0.5) is 8.78 Å². The molecule has 24 heavy (non-hydrogen) atoms. The van der Waals surface area contributed by atoms with Crippen molar-refractivity contribution < 1.29 is 18.3 Å². The lowest BCUT2D eigenvalue weighted by Crippen LogP contribution is -2.00. The maximum atomic E-state index is 14.7. The topological polar surface area (TPSA) is 68.0 Å². The van der Waals surface area contributed by atoms with E-state index in [4.69, 9.17) is 14.7 Å². The second-order valence-corrected chi connectivity index (χ2v) is 4.81. The predicted octanol–water partition coefficient (Wildman–Crippen LogP) is 3.46. The highest BCUT2D eigenvalue weighted by atomic mass is 19.1. The van der Waals surface area contributed by atoms with Gasteiger partial charge in [-0.15, -0.1) is 0 Å². The highest BCUT2D eigenvalue weighted by Crippen LogP contribution is 2.39. The monoisotopic (exact) mass is 327 g/mol. The number of methoxy groups -OCH3 is 2. The first-order chi connectivity index (χ1) is 11.6. The van der Waals surface area contributed by atoms with Gasteiger partial charge in [-0.1, -0.05) is 6.07 Å². The summed E-state index contributed by atoms with van der Waals surface area (Å²) >= 11 is 0. The van der Waals surface area contributed by atoms with E-state index in [1.54, 1.807) is 0 Å². The highest BCUT2D eigenvalue weighted by Gasteiger charge is 2.24. The van der Waals surface area contributed by atoms with Crippen molar-refractivity contribution in [3.63, 3.8) is 0 Å². The fourth-order valence-electron chi connectivity index (χ4n) is 2.47.